The number of carbonyl (C=O) groups is 2. The summed E-state index contributed by atoms with van der Waals surface area (Å²) in [6, 6.07) is 11.1. The maximum absolute atomic E-state index is 14.3. The van der Waals surface area contributed by atoms with Crippen LogP contribution in [0.4, 0.5) is 4.79 Å². The summed E-state index contributed by atoms with van der Waals surface area (Å²) in [4.78, 5) is 45.4. The largest absolute Gasteiger partial charge is 0.494 e. The van der Waals surface area contributed by atoms with Crippen molar-refractivity contribution in [2.45, 2.75) is 89.6 Å². The van der Waals surface area contributed by atoms with E-state index in [0.29, 0.717) is 12.5 Å². The zero-order chi connectivity index (χ0) is 34.7. The summed E-state index contributed by atoms with van der Waals surface area (Å²) < 4.78 is 18.5. The van der Waals surface area contributed by atoms with E-state index < -0.39 is 30.5 Å². The van der Waals surface area contributed by atoms with E-state index in [1.807, 2.05) is 75.9 Å². The fraction of sp³-hybridized carbons (Fsp3) is 0.543. The first-order chi connectivity index (χ1) is 23.3. The topological polar surface area (TPSA) is 146 Å². The van der Waals surface area contributed by atoms with Gasteiger partial charge in [-0.1, -0.05) is 28.9 Å². The average Bonchev–Trinajstić information content (AvgIpc) is 3.88. The van der Waals surface area contributed by atoms with Crippen molar-refractivity contribution in [3.63, 3.8) is 0 Å². The Balaban J connectivity index is 1.05. The molecule has 49 heavy (non-hydrogen) atoms. The molecule has 4 N–H and O–H groups in total. The van der Waals surface area contributed by atoms with Crippen molar-refractivity contribution < 1.29 is 23.6 Å². The summed E-state index contributed by atoms with van der Waals surface area (Å²) in [7, 11) is 0.841. The van der Waals surface area contributed by atoms with E-state index in [1.54, 1.807) is 0 Å². The highest BCUT2D eigenvalue weighted by Gasteiger charge is 2.51. The molecule has 2 aromatic heterocycles. The van der Waals surface area contributed by atoms with Gasteiger partial charge in [0.1, 0.15) is 17.7 Å². The number of halogens is 1. The molecule has 0 aliphatic carbocycles. The summed E-state index contributed by atoms with van der Waals surface area (Å²) in [5.74, 6) is 1.69. The number of imidazole rings is 2. The summed E-state index contributed by atoms with van der Waals surface area (Å²) in [6.07, 6.45) is 2.63. The summed E-state index contributed by atoms with van der Waals surface area (Å²) >= 11 is 3.53. The number of rotatable bonds is 8. The molecule has 0 radical (unpaired) electrons. The number of aromatic nitrogens is 4. The van der Waals surface area contributed by atoms with Gasteiger partial charge in [-0.25, -0.2) is 14.8 Å². The lowest BCUT2D eigenvalue weighted by molar-refractivity contribution is -0.135. The van der Waals surface area contributed by atoms with Crippen molar-refractivity contribution in [2.24, 2.45) is 11.8 Å². The number of likely N-dealkylation sites (tertiary alicyclic amines) is 1. The van der Waals surface area contributed by atoms with Crippen molar-refractivity contribution in [3.05, 3.63) is 52.5 Å². The van der Waals surface area contributed by atoms with Gasteiger partial charge in [0, 0.05) is 11.0 Å². The van der Waals surface area contributed by atoms with E-state index in [1.165, 1.54) is 7.11 Å². The Morgan fingerprint density at radius 1 is 1.06 bits per heavy atom. The number of hydrogen-bond acceptors (Lipinski definition) is 8. The second-order valence-corrected chi connectivity index (χ2v) is 15.8. The van der Waals surface area contributed by atoms with E-state index in [4.69, 9.17) is 24.0 Å². The van der Waals surface area contributed by atoms with Crippen molar-refractivity contribution in [1.82, 2.24) is 35.5 Å². The first-order valence-corrected chi connectivity index (χ1v) is 18.0. The van der Waals surface area contributed by atoms with Gasteiger partial charge in [-0.3, -0.25) is 4.79 Å². The van der Waals surface area contributed by atoms with E-state index >= 15 is 0 Å². The number of alkyl carbamates (subject to hydrolysis) is 1. The number of nitrogens with zero attached hydrogens (tertiary/aromatic N) is 3. The number of amides is 2. The zero-order valence-electron chi connectivity index (χ0n) is 28.9. The van der Waals surface area contributed by atoms with Crippen LogP contribution in [0.25, 0.3) is 22.1 Å². The molecule has 5 heterocycles. The molecule has 2 amide bonds. The molecule has 5 atom stereocenters. The predicted molar refractivity (Wildman–Crippen MR) is 191 cm³/mol. The summed E-state index contributed by atoms with van der Waals surface area (Å²) in [5, 5.41) is 6.49. The number of benzene rings is 2. The fourth-order valence-corrected chi connectivity index (χ4v) is 7.84. The van der Waals surface area contributed by atoms with Crippen molar-refractivity contribution in [2.75, 3.05) is 20.2 Å². The number of methoxy groups -OCH3 is 1. The lowest BCUT2D eigenvalue weighted by atomic mass is 9.79. The fourth-order valence-electron chi connectivity index (χ4n) is 7.48. The van der Waals surface area contributed by atoms with Gasteiger partial charge in [-0.15, -0.1) is 0 Å². The number of fused-ring (bicyclic) bond motifs is 2. The first kappa shape index (κ1) is 34.0. The van der Waals surface area contributed by atoms with Gasteiger partial charge in [-0.2, -0.15) is 0 Å². The Morgan fingerprint density at radius 2 is 1.73 bits per heavy atom. The molecule has 14 heteroatoms. The number of hydrogen-bond donors (Lipinski definition) is 4. The van der Waals surface area contributed by atoms with Gasteiger partial charge >= 0.3 is 13.2 Å². The average molecular weight is 735 g/mol. The molecule has 0 saturated carbocycles. The Labute approximate surface area is 295 Å². The second kappa shape index (κ2) is 13.0. The molecule has 0 spiro atoms. The molecule has 3 fully saturated rings. The maximum Gasteiger partial charge on any atom is 0.494 e. The Kier molecular flexibility index (Phi) is 9.04. The number of aromatic amines is 2. The van der Waals surface area contributed by atoms with Gasteiger partial charge < -0.3 is 39.5 Å². The lowest BCUT2D eigenvalue weighted by Gasteiger charge is -2.32. The molecule has 12 nitrogen and oxygen atoms in total. The molecule has 2 unspecified atom stereocenters. The van der Waals surface area contributed by atoms with E-state index in [-0.39, 0.29) is 23.9 Å². The van der Waals surface area contributed by atoms with E-state index in [2.05, 4.69) is 36.5 Å². The van der Waals surface area contributed by atoms with Crippen LogP contribution in [0.3, 0.4) is 0 Å². The smallest absolute Gasteiger partial charge is 0.453 e. The maximum atomic E-state index is 14.3. The van der Waals surface area contributed by atoms with Crippen LogP contribution in [-0.4, -0.2) is 81.4 Å². The quantitative estimate of drug-likeness (QED) is 0.179. The molecule has 0 bridgehead atoms. The molecule has 7 rings (SSSR count). The van der Waals surface area contributed by atoms with Gasteiger partial charge in [0.15, 0.2) is 0 Å². The van der Waals surface area contributed by atoms with Crippen molar-refractivity contribution >= 4 is 62.6 Å². The third-order valence-corrected chi connectivity index (χ3v) is 11.4. The number of carbonyl (C=O) groups excluding carboxylic acids is 2. The van der Waals surface area contributed by atoms with E-state index in [0.717, 1.165) is 75.9 Å². The van der Waals surface area contributed by atoms with Crippen LogP contribution in [0.1, 0.15) is 84.0 Å². The van der Waals surface area contributed by atoms with Gasteiger partial charge in [0.25, 0.3) is 0 Å². The molecule has 3 saturated heterocycles. The van der Waals surface area contributed by atoms with Crippen molar-refractivity contribution in [3.8, 4) is 0 Å². The van der Waals surface area contributed by atoms with Crippen LogP contribution in [0.2, 0.25) is 0 Å². The number of ether oxygens (including phenoxy) is 1. The third-order valence-electron chi connectivity index (χ3n) is 10.9. The monoisotopic (exact) mass is 733 g/mol. The van der Waals surface area contributed by atoms with Crippen LogP contribution < -0.4 is 16.1 Å². The highest BCUT2D eigenvalue weighted by atomic mass is 79.9. The third kappa shape index (κ3) is 6.60. The molecule has 3 aliphatic heterocycles. The van der Waals surface area contributed by atoms with Crippen LogP contribution in [0, 0.1) is 11.8 Å². The Bertz CT molecular complexity index is 1860. The standard InChI is InChI=1S/C35H45BBrN7O5/c1-19(14-20-15-27(38-18-20)30-39-24-12-10-22(37)17-26(24)41-30)29(43-33(46)47-6)32(45)44-13-7-8-28(44)31-40-23-11-9-21(16-25(23)42-31)36-48-34(2,3)35(4,5)49-36/h9-12,16-17,19-20,27-29,38H,7-8,13-15,18H2,1-6H3,(H,39,41)(H,40,42)(H,43,46)/t19?,20?,27-,28-,29-/m0/s1. The zero-order valence-corrected chi connectivity index (χ0v) is 30.5. The highest BCUT2D eigenvalue weighted by molar-refractivity contribution is 9.10. The normalized spacial score (nSPS) is 24.5. The molecule has 4 aromatic rings. The van der Waals surface area contributed by atoms with Crippen LogP contribution in [0.15, 0.2) is 40.9 Å². The minimum atomic E-state index is -0.741. The van der Waals surface area contributed by atoms with Crippen LogP contribution in [0.5, 0.6) is 0 Å². The van der Waals surface area contributed by atoms with Crippen LogP contribution >= 0.6 is 15.9 Å². The van der Waals surface area contributed by atoms with Gasteiger partial charge in [0.05, 0.1) is 52.5 Å². The second-order valence-electron chi connectivity index (χ2n) is 14.8. The first-order valence-electron chi connectivity index (χ1n) is 17.2. The Hall–Kier alpha value is -3.46. The number of H-pyrrole nitrogens is 2. The molecule has 3 aliphatic rings. The van der Waals surface area contributed by atoms with E-state index in [9.17, 15) is 9.59 Å². The van der Waals surface area contributed by atoms with Gasteiger partial charge in [0.2, 0.25) is 5.91 Å². The minimum absolute atomic E-state index is 0.0902. The van der Waals surface area contributed by atoms with Crippen molar-refractivity contribution in [1.29, 1.82) is 0 Å². The minimum Gasteiger partial charge on any atom is -0.453 e. The molecule has 2 aromatic carbocycles. The molecule has 260 valence electrons. The highest BCUT2D eigenvalue weighted by Crippen LogP contribution is 2.38. The lowest BCUT2D eigenvalue weighted by Crippen LogP contribution is -2.52. The predicted octanol–water partition coefficient (Wildman–Crippen LogP) is 5.27. The summed E-state index contributed by atoms with van der Waals surface area (Å²) in [6.45, 7) is 11.6. The van der Waals surface area contributed by atoms with Gasteiger partial charge in [-0.05, 0) is 108 Å². The van der Waals surface area contributed by atoms with Crippen LogP contribution in [-0.2, 0) is 18.8 Å². The molecular formula is C35H45BBrN7O5. The number of nitrogens with one attached hydrogen (secondary N) is 4. The summed E-state index contributed by atoms with van der Waals surface area (Å²) in [5.41, 5.74) is 3.63. The SMILES string of the molecule is COC(=O)N[C@H](C(=O)N1CCC[C@H]1c1nc2ccc(B3OC(C)(C)C(C)(C)O3)cc2[nH]1)C(C)CC1CN[C@H](c2nc3ccc(Br)cc3[nH]2)C1. The Morgan fingerprint density at radius 3 is 2.47 bits per heavy atom. The molecular weight excluding hydrogens is 689 g/mol.